The van der Waals surface area contributed by atoms with Crippen molar-refractivity contribution >= 4 is 69.6 Å². The van der Waals surface area contributed by atoms with E-state index in [1.54, 1.807) is 0 Å². The molecule has 6 aliphatic rings. The number of ether oxygens (including phenoxy) is 2. The predicted octanol–water partition coefficient (Wildman–Crippen LogP) is 11.0. The van der Waals surface area contributed by atoms with E-state index in [4.69, 9.17) is 19.4 Å². The number of halogens is 4. The lowest BCUT2D eigenvalue weighted by Gasteiger charge is -2.27. The van der Waals surface area contributed by atoms with Crippen molar-refractivity contribution in [3.63, 3.8) is 0 Å². The van der Waals surface area contributed by atoms with Gasteiger partial charge in [0, 0.05) is 37.1 Å². The Balaban J connectivity index is 0.978. The van der Waals surface area contributed by atoms with Crippen molar-refractivity contribution in [3.05, 3.63) is 130 Å². The van der Waals surface area contributed by atoms with Crippen LogP contribution in [0.2, 0.25) is 0 Å². The molecular weight excluding hydrogens is 1010 g/mol. The summed E-state index contributed by atoms with van der Waals surface area (Å²) in [6.07, 6.45) is 1.03. The average molecular weight is 1070 g/mol. The molecule has 2 aliphatic heterocycles. The molecule has 4 aromatic carbocycles. The molecule has 4 heterocycles. The first-order valence-corrected chi connectivity index (χ1v) is 27.5. The van der Waals surface area contributed by atoms with Crippen molar-refractivity contribution in [1.82, 2.24) is 40.4 Å². The normalized spacial score (nSPS) is 18.3. The van der Waals surface area contributed by atoms with E-state index >= 15 is 0 Å². The van der Waals surface area contributed by atoms with E-state index in [0.29, 0.717) is 58.1 Å². The molecular formula is C55H58F4N8O6S2. The quantitative estimate of drug-likeness (QED) is 0.0769. The van der Waals surface area contributed by atoms with Gasteiger partial charge in [0.15, 0.2) is 0 Å². The highest BCUT2D eigenvalue weighted by atomic mass is 32.2. The van der Waals surface area contributed by atoms with Crippen LogP contribution in [0.5, 0.6) is 0 Å². The second kappa shape index (κ2) is 23.0. The fourth-order valence-corrected chi connectivity index (χ4v) is 11.4. The summed E-state index contributed by atoms with van der Waals surface area (Å²) < 4.78 is 66.3. The number of aromatic nitrogens is 4. The van der Waals surface area contributed by atoms with Gasteiger partial charge in [0.25, 0.3) is 12.2 Å². The van der Waals surface area contributed by atoms with Gasteiger partial charge in [0.1, 0.15) is 23.7 Å². The smallest absolute Gasteiger partial charge is 0.407 e. The molecule has 0 spiro atoms. The molecule has 0 radical (unpaired) electrons. The van der Waals surface area contributed by atoms with Gasteiger partial charge in [-0.15, -0.1) is 0 Å². The lowest BCUT2D eigenvalue weighted by atomic mass is 9.84. The number of imidazole rings is 2. The zero-order valence-electron chi connectivity index (χ0n) is 42.2. The fourth-order valence-electron chi connectivity index (χ4n) is 10.5. The topological polar surface area (TPSA) is 175 Å². The second-order valence-electron chi connectivity index (χ2n) is 19.3. The van der Waals surface area contributed by atoms with E-state index in [2.05, 4.69) is 63.9 Å². The third kappa shape index (κ3) is 11.4. The van der Waals surface area contributed by atoms with Crippen molar-refractivity contribution in [2.75, 3.05) is 51.3 Å². The number of carbonyl (C=O) groups excluding carboxylic acids is 4. The molecule has 5 atom stereocenters. The van der Waals surface area contributed by atoms with Crippen LogP contribution in [0.15, 0.2) is 96.1 Å². The lowest BCUT2D eigenvalue weighted by molar-refractivity contribution is -0.135. The zero-order chi connectivity index (χ0) is 53.1. The van der Waals surface area contributed by atoms with Crippen LogP contribution < -0.4 is 10.6 Å². The van der Waals surface area contributed by atoms with Crippen LogP contribution in [0.3, 0.4) is 0 Å². The molecule has 0 unspecified atom stereocenters. The zero-order valence-corrected chi connectivity index (χ0v) is 43.8. The van der Waals surface area contributed by atoms with Crippen LogP contribution >= 0.6 is 23.5 Å². The molecule has 4 amide bonds. The average Bonchev–Trinajstić information content (AvgIpc) is 4.25. The second-order valence-corrected chi connectivity index (χ2v) is 21.2. The molecule has 4 aliphatic carbocycles. The van der Waals surface area contributed by atoms with Crippen LogP contribution in [0.4, 0.5) is 27.2 Å². The van der Waals surface area contributed by atoms with Crippen molar-refractivity contribution in [1.29, 1.82) is 0 Å². The molecule has 6 aromatic rings. The summed E-state index contributed by atoms with van der Waals surface area (Å²) in [5.41, 5.74) is 10.8. The number of likely N-dealkylation sites (tertiary alicyclic amines) is 2. The number of methoxy groups -OCH3 is 2. The van der Waals surface area contributed by atoms with E-state index in [0.717, 1.165) is 50.9 Å². The number of nitrogens with zero attached hydrogens (tertiary/aromatic N) is 4. The Hall–Kier alpha value is -6.80. The molecule has 0 saturated carbocycles. The number of carbonyl (C=O) groups is 4. The number of amides is 4. The van der Waals surface area contributed by atoms with Crippen molar-refractivity contribution in [2.24, 2.45) is 0 Å². The van der Waals surface area contributed by atoms with Gasteiger partial charge in [-0.3, -0.25) is 9.59 Å². The minimum Gasteiger partial charge on any atom is -0.453 e. The molecule has 4 bridgehead atoms. The van der Waals surface area contributed by atoms with Gasteiger partial charge < -0.3 is 39.9 Å². The standard InChI is InChI=1S/C55H58F4N8O6S2/c1-29-20-33-9-7-30(21-38(33)34-12-14-40-44(23-34)62-50(60-40)46-25-36(48(56)57)27-66(46)52(68)42(16-18-74-4)64-54(70)72-2)6-8-31-10-11-32(29)22-39(31)35-13-15-41-45(24-35)63-51(61-41)47-26-37(49(58)59)28-67(47)53(69)43(17-19-75-5)65-55(71)73-3/h7,9-15,21-24,29,42-43,46-47H,6,8,16-20,25-28H2,1-5H3,(H,60,62)(H,61,63)(H,64,70)(H,65,71)/t29-,42+,43+,46+,47+/m1/s1. The Morgan fingerprint density at radius 3 is 1.63 bits per heavy atom. The summed E-state index contributed by atoms with van der Waals surface area (Å²) in [7, 11) is 2.41. The van der Waals surface area contributed by atoms with Crippen LogP contribution in [0.25, 0.3) is 44.3 Å². The molecule has 14 nitrogen and oxygen atoms in total. The minimum absolute atomic E-state index is 0.0816. The summed E-state index contributed by atoms with van der Waals surface area (Å²) in [4.78, 5) is 71.7. The number of alkyl carbamates (subject to hydrolysis) is 2. The maximum atomic E-state index is 14.2. The third-order valence-electron chi connectivity index (χ3n) is 14.6. The maximum absolute atomic E-state index is 14.2. The highest BCUT2D eigenvalue weighted by Crippen LogP contribution is 2.41. The Bertz CT molecular complexity index is 3230. The highest BCUT2D eigenvalue weighted by Gasteiger charge is 2.41. The monoisotopic (exact) mass is 1070 g/mol. The van der Waals surface area contributed by atoms with E-state index in [1.807, 2.05) is 48.9 Å². The number of aromatic amines is 2. The Morgan fingerprint density at radius 1 is 0.653 bits per heavy atom. The van der Waals surface area contributed by atoms with E-state index < -0.39 is 60.3 Å². The molecule has 2 saturated heterocycles. The summed E-state index contributed by atoms with van der Waals surface area (Å²) in [5.74, 6) is 0.951. The molecule has 20 heteroatoms. The number of fused-ring (bicyclic) bond motifs is 2. The number of rotatable bonds is 14. The predicted molar refractivity (Wildman–Crippen MR) is 284 cm³/mol. The summed E-state index contributed by atoms with van der Waals surface area (Å²) in [6, 6.07) is 21.5. The Labute approximate surface area is 439 Å². The number of thioether (sulfide) groups is 2. The molecule has 12 rings (SSSR count). The van der Waals surface area contributed by atoms with Crippen molar-refractivity contribution in [3.8, 4) is 22.3 Å². The first-order chi connectivity index (χ1) is 36.2. The van der Waals surface area contributed by atoms with Crippen LogP contribution in [0.1, 0.15) is 84.5 Å². The summed E-state index contributed by atoms with van der Waals surface area (Å²) in [6.45, 7) is 1.62. The Morgan fingerprint density at radius 2 is 1.15 bits per heavy atom. The number of H-pyrrole nitrogens is 2. The first-order valence-electron chi connectivity index (χ1n) is 24.7. The number of aryl methyl sites for hydroxylation is 2. The number of hydrogen-bond acceptors (Lipinski definition) is 10. The van der Waals surface area contributed by atoms with Crippen LogP contribution in [-0.2, 0) is 38.3 Å². The van der Waals surface area contributed by atoms with Crippen LogP contribution in [-0.4, -0.2) is 117 Å². The van der Waals surface area contributed by atoms with E-state index in [9.17, 15) is 36.7 Å². The molecule has 394 valence electrons. The maximum Gasteiger partial charge on any atom is 0.407 e. The summed E-state index contributed by atoms with van der Waals surface area (Å²) >= 11 is 3.00. The fraction of sp³-hybridized carbons (Fsp3) is 0.382. The number of nitrogens with one attached hydrogen (secondary N) is 4. The van der Waals surface area contributed by atoms with E-state index in [-0.39, 0.29) is 55.8 Å². The Kier molecular flexibility index (Phi) is 16.3. The van der Waals surface area contributed by atoms with Gasteiger partial charge in [0.05, 0.1) is 48.4 Å². The van der Waals surface area contributed by atoms with Gasteiger partial charge in [-0.2, -0.15) is 41.1 Å². The third-order valence-corrected chi connectivity index (χ3v) is 15.9. The molecule has 2 aromatic heterocycles. The van der Waals surface area contributed by atoms with Crippen molar-refractivity contribution < 1.29 is 46.2 Å². The van der Waals surface area contributed by atoms with Gasteiger partial charge in [-0.25, -0.2) is 19.6 Å². The number of benzene rings is 4. The summed E-state index contributed by atoms with van der Waals surface area (Å²) in [5, 5.41) is 5.18. The SMILES string of the molecule is COC(=O)N[C@@H](CCSC)C(=O)N1CC(=C(F)F)C[C@H]1c1nc2cc(-c3cc4ccc3CCc3ccc(c(-c5ccc6[nH]c([C@@H]7CC(=C(F)F)CN7C(=O)[C@H](CCSC)NC(=O)OC)nc6c5)c3)C[C@H]4C)ccc2[nH]1. The first kappa shape index (κ1) is 53.0. The van der Waals surface area contributed by atoms with Crippen LogP contribution in [0, 0.1) is 0 Å². The minimum atomic E-state index is -1.84. The van der Waals surface area contributed by atoms with E-state index in [1.165, 1.54) is 47.5 Å². The largest absolute Gasteiger partial charge is 0.453 e. The highest BCUT2D eigenvalue weighted by molar-refractivity contribution is 7.98. The lowest BCUT2D eigenvalue weighted by Crippen LogP contribution is -2.48. The van der Waals surface area contributed by atoms with Gasteiger partial charge >= 0.3 is 12.2 Å². The molecule has 75 heavy (non-hydrogen) atoms. The number of hydrogen-bond donors (Lipinski definition) is 4. The van der Waals surface area contributed by atoms with Crippen molar-refractivity contribution in [2.45, 2.75) is 82.0 Å². The molecule has 4 N–H and O–H groups in total. The molecule has 2 fully saturated rings. The van der Waals surface area contributed by atoms with Gasteiger partial charge in [-0.05, 0) is 131 Å². The van der Waals surface area contributed by atoms with Gasteiger partial charge in [0.2, 0.25) is 11.8 Å². The van der Waals surface area contributed by atoms with Gasteiger partial charge in [-0.1, -0.05) is 55.5 Å².